The maximum absolute atomic E-state index is 12.4. The van der Waals surface area contributed by atoms with Gasteiger partial charge in [0, 0.05) is 33.1 Å². The minimum absolute atomic E-state index is 0.0784. The van der Waals surface area contributed by atoms with Crippen molar-refractivity contribution >= 4 is 17.8 Å². The van der Waals surface area contributed by atoms with Crippen LogP contribution in [0.5, 0.6) is 5.75 Å². The van der Waals surface area contributed by atoms with E-state index in [1.54, 1.807) is 6.20 Å². The zero-order chi connectivity index (χ0) is 28.7. The van der Waals surface area contributed by atoms with Crippen molar-refractivity contribution in [3.8, 4) is 17.3 Å². The van der Waals surface area contributed by atoms with Gasteiger partial charge in [-0.15, -0.1) is 0 Å². The molecule has 3 atom stereocenters. The molecule has 4 heterocycles. The molecule has 2 aromatic heterocycles. The van der Waals surface area contributed by atoms with Gasteiger partial charge in [-0.1, -0.05) is 31.5 Å². The predicted octanol–water partition coefficient (Wildman–Crippen LogP) is 4.11. The van der Waals surface area contributed by atoms with Crippen molar-refractivity contribution in [3.63, 3.8) is 0 Å². The summed E-state index contributed by atoms with van der Waals surface area (Å²) in [6.07, 6.45) is 7.03. The lowest BCUT2D eigenvalue weighted by Crippen LogP contribution is -2.50. The van der Waals surface area contributed by atoms with E-state index in [4.69, 9.17) is 9.72 Å². The number of benzene rings is 1. The van der Waals surface area contributed by atoms with Crippen molar-refractivity contribution in [3.05, 3.63) is 59.4 Å². The Morgan fingerprint density at radius 1 is 1.12 bits per heavy atom. The molecule has 0 spiro atoms. The van der Waals surface area contributed by atoms with Gasteiger partial charge in [-0.05, 0) is 61.4 Å². The van der Waals surface area contributed by atoms with Crippen molar-refractivity contribution in [1.29, 1.82) is 0 Å². The number of imidazole rings is 1. The highest BCUT2D eigenvalue weighted by molar-refractivity contribution is 6.05. The highest BCUT2D eigenvalue weighted by Gasteiger charge is 2.42. The maximum Gasteiger partial charge on any atom is 0.329 e. The fourth-order valence-electron chi connectivity index (χ4n) is 6.34. The smallest absolute Gasteiger partial charge is 0.329 e. The van der Waals surface area contributed by atoms with Crippen molar-refractivity contribution < 1.29 is 19.4 Å². The summed E-state index contributed by atoms with van der Waals surface area (Å²) in [5.74, 6) is 2.41. The number of fused-ring (bicyclic) bond motifs is 1. The molecule has 2 N–H and O–H groups in total. The topological polar surface area (TPSA) is 113 Å². The molecule has 216 valence electrons. The van der Waals surface area contributed by atoms with E-state index in [1.165, 1.54) is 24.2 Å². The van der Waals surface area contributed by atoms with Gasteiger partial charge in [0.1, 0.15) is 23.4 Å². The SMILES string of the molecule is C[C@@H]1CCCC[C@@H]1Oc1ccc(CN2Cc3ccc(-c4ncc(N5CCC(=O)NC5=O)n4C)nc3[C@@]2(C)CO)cc1. The van der Waals surface area contributed by atoms with Gasteiger partial charge in [-0.3, -0.25) is 19.9 Å². The lowest BCUT2D eigenvalue weighted by molar-refractivity contribution is -0.120. The van der Waals surface area contributed by atoms with Crippen LogP contribution < -0.4 is 15.0 Å². The van der Waals surface area contributed by atoms with E-state index < -0.39 is 11.6 Å². The second kappa shape index (κ2) is 10.9. The molecule has 3 aliphatic rings. The quantitative estimate of drug-likeness (QED) is 0.449. The van der Waals surface area contributed by atoms with Crippen molar-refractivity contribution in [2.45, 2.75) is 70.7 Å². The number of anilines is 1. The first-order valence-electron chi connectivity index (χ1n) is 14.5. The third kappa shape index (κ3) is 5.10. The minimum atomic E-state index is -0.668. The van der Waals surface area contributed by atoms with Gasteiger partial charge in [0.05, 0.1) is 24.0 Å². The fourth-order valence-corrected chi connectivity index (χ4v) is 6.34. The number of pyridine rings is 1. The van der Waals surface area contributed by atoms with Gasteiger partial charge in [-0.25, -0.2) is 14.8 Å². The predicted molar refractivity (Wildman–Crippen MR) is 154 cm³/mol. The summed E-state index contributed by atoms with van der Waals surface area (Å²) < 4.78 is 8.12. The number of hydrogen-bond acceptors (Lipinski definition) is 7. The highest BCUT2D eigenvalue weighted by Crippen LogP contribution is 2.40. The van der Waals surface area contributed by atoms with Crippen molar-refractivity contribution in [2.24, 2.45) is 13.0 Å². The molecule has 41 heavy (non-hydrogen) atoms. The van der Waals surface area contributed by atoms with E-state index in [1.807, 2.05) is 24.6 Å². The molecule has 2 fully saturated rings. The lowest BCUT2D eigenvalue weighted by atomic mass is 9.88. The summed E-state index contributed by atoms with van der Waals surface area (Å²) in [7, 11) is 1.83. The van der Waals surface area contributed by atoms with E-state index in [2.05, 4.69) is 52.5 Å². The zero-order valence-electron chi connectivity index (χ0n) is 24.0. The molecule has 1 aliphatic carbocycles. The lowest BCUT2D eigenvalue weighted by Gasteiger charge is -2.34. The number of imide groups is 1. The second-order valence-corrected chi connectivity index (χ2v) is 11.8. The van der Waals surface area contributed by atoms with Crippen LogP contribution in [-0.4, -0.2) is 55.7 Å². The first kappa shape index (κ1) is 27.4. The highest BCUT2D eigenvalue weighted by atomic mass is 16.5. The number of aliphatic hydroxyl groups excluding tert-OH is 1. The Labute approximate surface area is 240 Å². The van der Waals surface area contributed by atoms with Gasteiger partial charge in [0.15, 0.2) is 5.82 Å². The number of nitrogens with zero attached hydrogens (tertiary/aromatic N) is 5. The van der Waals surface area contributed by atoms with Crippen LogP contribution in [0.15, 0.2) is 42.6 Å². The standard InChI is InChI=1S/C31H38N6O4/c1-20-6-4-5-7-25(20)41-23-11-8-21(9-12-23)17-36-18-22-10-13-24(33-28(22)31(36,2)19-38)29-32-16-27(35(29)3)37-15-14-26(39)34-30(37)40/h8-13,16,20,25,38H,4-7,14-15,17-19H2,1-3H3,(H,34,39,40)/t20-,25+,31-/m1/s1. The third-order valence-electron chi connectivity index (χ3n) is 9.00. The van der Waals surface area contributed by atoms with E-state index >= 15 is 0 Å². The van der Waals surface area contributed by atoms with E-state index in [9.17, 15) is 14.7 Å². The molecule has 1 aromatic carbocycles. The van der Waals surface area contributed by atoms with Gasteiger partial charge in [-0.2, -0.15) is 0 Å². The Bertz CT molecular complexity index is 1450. The van der Waals surface area contributed by atoms with Gasteiger partial charge in [0.2, 0.25) is 5.91 Å². The fraction of sp³-hybridized carbons (Fsp3) is 0.484. The molecule has 1 saturated carbocycles. The van der Waals surface area contributed by atoms with Gasteiger partial charge >= 0.3 is 6.03 Å². The van der Waals surface area contributed by atoms with Crippen molar-refractivity contribution in [1.82, 2.24) is 24.8 Å². The molecule has 3 aromatic rings. The zero-order valence-corrected chi connectivity index (χ0v) is 24.0. The number of carbonyl (C=O) groups is 2. The van der Waals surface area contributed by atoms with Crippen LogP contribution in [0.25, 0.3) is 11.5 Å². The third-order valence-corrected chi connectivity index (χ3v) is 9.00. The molecule has 10 heteroatoms. The monoisotopic (exact) mass is 558 g/mol. The largest absolute Gasteiger partial charge is 0.490 e. The van der Waals surface area contributed by atoms with Crippen LogP contribution in [0, 0.1) is 5.92 Å². The Morgan fingerprint density at radius 3 is 2.63 bits per heavy atom. The molecule has 1 saturated heterocycles. The number of rotatable bonds is 7. The average Bonchev–Trinajstić information content (AvgIpc) is 3.48. The van der Waals surface area contributed by atoms with E-state index in [0.717, 1.165) is 29.0 Å². The molecule has 10 nitrogen and oxygen atoms in total. The normalized spacial score (nSPS) is 24.8. The first-order chi connectivity index (χ1) is 19.8. The number of ether oxygens (including phenoxy) is 1. The summed E-state index contributed by atoms with van der Waals surface area (Å²) in [6, 6.07) is 11.9. The summed E-state index contributed by atoms with van der Waals surface area (Å²) in [5.41, 5.74) is 3.04. The Kier molecular flexibility index (Phi) is 7.29. The Balaban J connectivity index is 1.19. The Hall–Kier alpha value is -3.76. The average molecular weight is 559 g/mol. The summed E-state index contributed by atoms with van der Waals surface area (Å²) >= 11 is 0. The second-order valence-electron chi connectivity index (χ2n) is 11.8. The molecular weight excluding hydrogens is 520 g/mol. The van der Waals surface area contributed by atoms with Crippen LogP contribution in [0.4, 0.5) is 10.6 Å². The minimum Gasteiger partial charge on any atom is -0.490 e. The molecular formula is C31H38N6O4. The van der Waals surface area contributed by atoms with Crippen LogP contribution in [0.2, 0.25) is 0 Å². The van der Waals surface area contributed by atoms with Crippen LogP contribution in [0.3, 0.4) is 0 Å². The summed E-state index contributed by atoms with van der Waals surface area (Å²) in [5, 5.41) is 13.0. The van der Waals surface area contributed by atoms with Gasteiger partial charge in [0.25, 0.3) is 0 Å². The van der Waals surface area contributed by atoms with Crippen LogP contribution in [0.1, 0.15) is 62.8 Å². The maximum atomic E-state index is 12.4. The number of amides is 3. The molecule has 0 unspecified atom stereocenters. The Morgan fingerprint density at radius 2 is 1.90 bits per heavy atom. The van der Waals surface area contributed by atoms with E-state index in [-0.39, 0.29) is 25.0 Å². The van der Waals surface area contributed by atoms with E-state index in [0.29, 0.717) is 42.9 Å². The number of aromatic nitrogens is 3. The first-order valence-corrected chi connectivity index (χ1v) is 14.5. The number of nitrogens with one attached hydrogen (secondary N) is 1. The van der Waals surface area contributed by atoms with Crippen LogP contribution in [-0.2, 0) is 30.5 Å². The molecule has 6 rings (SSSR count). The van der Waals surface area contributed by atoms with Gasteiger partial charge < -0.3 is 14.4 Å². The molecule has 0 bridgehead atoms. The molecule has 3 amide bonds. The molecule has 0 radical (unpaired) electrons. The summed E-state index contributed by atoms with van der Waals surface area (Å²) in [6.45, 7) is 5.86. The number of aliphatic hydroxyl groups is 1. The number of carbonyl (C=O) groups excluding carboxylic acids is 2. The summed E-state index contributed by atoms with van der Waals surface area (Å²) in [4.78, 5) is 37.3. The molecule has 2 aliphatic heterocycles. The van der Waals surface area contributed by atoms with Crippen LogP contribution >= 0.6 is 0 Å². The number of urea groups is 1. The number of hydrogen-bond donors (Lipinski definition) is 2. The van der Waals surface area contributed by atoms with Crippen molar-refractivity contribution in [2.75, 3.05) is 18.1 Å².